The van der Waals surface area contributed by atoms with E-state index in [1.54, 1.807) is 18.3 Å². The van der Waals surface area contributed by atoms with E-state index in [-0.39, 0.29) is 29.8 Å². The van der Waals surface area contributed by atoms with Gasteiger partial charge in [0.25, 0.3) is 0 Å². The number of benzene rings is 1. The minimum atomic E-state index is -0.389. The molecule has 1 saturated heterocycles. The molecule has 0 bridgehead atoms. The van der Waals surface area contributed by atoms with Crippen molar-refractivity contribution in [2.75, 3.05) is 25.1 Å². The number of halogens is 1. The van der Waals surface area contributed by atoms with E-state index in [4.69, 9.17) is 14.7 Å². The van der Waals surface area contributed by atoms with E-state index in [2.05, 4.69) is 21.3 Å². The van der Waals surface area contributed by atoms with Gasteiger partial charge in [0.2, 0.25) is 5.91 Å². The van der Waals surface area contributed by atoms with E-state index in [1.165, 1.54) is 25.3 Å². The third-order valence-electron chi connectivity index (χ3n) is 5.62. The summed E-state index contributed by atoms with van der Waals surface area (Å²) in [6.45, 7) is 1.45. The molecule has 1 aliphatic carbocycles. The van der Waals surface area contributed by atoms with E-state index in [1.807, 2.05) is 0 Å². The number of ether oxygens (including phenoxy) is 2. The van der Waals surface area contributed by atoms with E-state index >= 15 is 0 Å². The summed E-state index contributed by atoms with van der Waals surface area (Å²) in [4.78, 5) is 19.0. The van der Waals surface area contributed by atoms with Crippen molar-refractivity contribution in [2.24, 2.45) is 5.92 Å². The van der Waals surface area contributed by atoms with Gasteiger partial charge in [0.15, 0.2) is 11.5 Å². The Morgan fingerprint density at radius 3 is 2.90 bits per heavy atom. The van der Waals surface area contributed by atoms with Crippen LogP contribution in [0.1, 0.15) is 24.8 Å². The van der Waals surface area contributed by atoms with E-state index in [0.717, 1.165) is 18.8 Å². The van der Waals surface area contributed by atoms with E-state index in [0.29, 0.717) is 36.4 Å². The van der Waals surface area contributed by atoms with Gasteiger partial charge in [-0.05, 0) is 43.5 Å². The number of anilines is 1. The molecule has 1 aliphatic heterocycles. The van der Waals surface area contributed by atoms with Crippen molar-refractivity contribution in [1.29, 1.82) is 5.26 Å². The molecule has 0 spiro atoms. The minimum absolute atomic E-state index is 0.0200. The summed E-state index contributed by atoms with van der Waals surface area (Å²) in [5, 5.41) is 12.2. The standard InChI is InChI=1S/C22H23FN4O3/c1-29-19-3-2-16(23)11-20(19)30-18-9-15(10-18)22(28)26-17-5-7-27(13-17)21-8-14(12-24)4-6-25-21/h2-4,6,8,11,15,17-18H,5,7,9-10,13H2,1H3,(H,26,28)/t15-,17?,18-. The molecule has 2 fully saturated rings. The first-order valence-electron chi connectivity index (χ1n) is 9.97. The molecule has 1 unspecified atom stereocenters. The Bertz CT molecular complexity index is 971. The number of carbonyl (C=O) groups is 1. The van der Waals surface area contributed by atoms with Crippen molar-refractivity contribution < 1.29 is 18.7 Å². The molecule has 0 radical (unpaired) electrons. The summed E-state index contributed by atoms with van der Waals surface area (Å²) < 4.78 is 24.5. The number of nitrogens with one attached hydrogen (secondary N) is 1. The number of aromatic nitrogens is 1. The summed E-state index contributed by atoms with van der Waals surface area (Å²) in [5.41, 5.74) is 0.572. The Labute approximate surface area is 174 Å². The summed E-state index contributed by atoms with van der Waals surface area (Å²) in [7, 11) is 1.51. The van der Waals surface area contributed by atoms with E-state index in [9.17, 15) is 9.18 Å². The molecule has 30 heavy (non-hydrogen) atoms. The lowest BCUT2D eigenvalue weighted by atomic mass is 9.81. The number of nitriles is 1. The molecule has 2 aliphatic rings. The van der Waals surface area contributed by atoms with Gasteiger partial charge < -0.3 is 19.7 Å². The zero-order valence-electron chi connectivity index (χ0n) is 16.7. The maximum absolute atomic E-state index is 13.5. The van der Waals surface area contributed by atoms with Crippen LogP contribution in [0.15, 0.2) is 36.5 Å². The Balaban J connectivity index is 1.25. The molecule has 7 nitrogen and oxygen atoms in total. The highest BCUT2D eigenvalue weighted by molar-refractivity contribution is 5.80. The van der Waals surface area contributed by atoms with Crippen LogP contribution in [0.2, 0.25) is 0 Å². The molecule has 1 aromatic carbocycles. The fraction of sp³-hybridized carbons (Fsp3) is 0.409. The van der Waals surface area contributed by atoms with Gasteiger partial charge in [-0.2, -0.15) is 5.26 Å². The van der Waals surface area contributed by atoms with Crippen molar-refractivity contribution in [1.82, 2.24) is 10.3 Å². The summed E-state index contributed by atoms with van der Waals surface area (Å²) in [6, 6.07) is 9.75. The van der Waals surface area contributed by atoms with Gasteiger partial charge >= 0.3 is 0 Å². The molecule has 156 valence electrons. The smallest absolute Gasteiger partial charge is 0.223 e. The van der Waals surface area contributed by atoms with Crippen LogP contribution in [0, 0.1) is 23.1 Å². The van der Waals surface area contributed by atoms with Crippen LogP contribution in [-0.4, -0.2) is 43.2 Å². The molecule has 8 heteroatoms. The molecule has 1 amide bonds. The Hall–Kier alpha value is -3.34. The lowest BCUT2D eigenvalue weighted by Crippen LogP contribution is -2.47. The second-order valence-electron chi connectivity index (χ2n) is 7.66. The Morgan fingerprint density at radius 2 is 2.13 bits per heavy atom. The second-order valence-corrected chi connectivity index (χ2v) is 7.66. The first-order valence-corrected chi connectivity index (χ1v) is 9.97. The lowest BCUT2D eigenvalue weighted by Gasteiger charge is -2.35. The van der Waals surface area contributed by atoms with Crippen LogP contribution < -0.4 is 19.7 Å². The van der Waals surface area contributed by atoms with Crippen molar-refractivity contribution in [3.8, 4) is 17.6 Å². The number of methoxy groups -OCH3 is 1. The maximum Gasteiger partial charge on any atom is 0.223 e. The van der Waals surface area contributed by atoms with Crippen molar-refractivity contribution in [2.45, 2.75) is 31.4 Å². The molecule has 1 saturated carbocycles. The maximum atomic E-state index is 13.5. The largest absolute Gasteiger partial charge is 0.493 e. The first kappa shape index (κ1) is 20.0. The highest BCUT2D eigenvalue weighted by Gasteiger charge is 2.38. The van der Waals surface area contributed by atoms with Crippen molar-refractivity contribution in [3.63, 3.8) is 0 Å². The molecule has 2 heterocycles. The third-order valence-corrected chi connectivity index (χ3v) is 5.62. The number of nitrogens with zero attached hydrogens (tertiary/aromatic N) is 3. The molecule has 2 aromatic rings. The monoisotopic (exact) mass is 410 g/mol. The predicted molar refractivity (Wildman–Crippen MR) is 108 cm³/mol. The minimum Gasteiger partial charge on any atom is -0.493 e. The van der Waals surface area contributed by atoms with Crippen LogP contribution in [0.25, 0.3) is 0 Å². The van der Waals surface area contributed by atoms with Gasteiger partial charge in [-0.25, -0.2) is 9.37 Å². The quantitative estimate of drug-likeness (QED) is 0.788. The van der Waals surface area contributed by atoms with Crippen molar-refractivity contribution >= 4 is 11.7 Å². The predicted octanol–water partition coefficient (Wildman–Crippen LogP) is 2.65. The van der Waals surface area contributed by atoms with Crippen LogP contribution in [0.5, 0.6) is 11.5 Å². The van der Waals surface area contributed by atoms with Crippen molar-refractivity contribution in [3.05, 3.63) is 47.9 Å². The molecule has 1 aromatic heterocycles. The zero-order chi connectivity index (χ0) is 21.1. The molecular weight excluding hydrogens is 387 g/mol. The van der Waals surface area contributed by atoms with Crippen LogP contribution in [0.4, 0.5) is 10.2 Å². The average molecular weight is 410 g/mol. The average Bonchev–Trinajstić information content (AvgIpc) is 3.19. The van der Waals surface area contributed by atoms with Crippen LogP contribution in [-0.2, 0) is 4.79 Å². The third kappa shape index (κ3) is 4.30. The summed E-state index contributed by atoms with van der Waals surface area (Å²) >= 11 is 0. The van der Waals surface area contributed by atoms with Gasteiger partial charge in [-0.15, -0.1) is 0 Å². The highest BCUT2D eigenvalue weighted by atomic mass is 19.1. The molecular formula is C22H23FN4O3. The van der Waals surface area contributed by atoms with Gasteiger partial charge in [-0.1, -0.05) is 0 Å². The lowest BCUT2D eigenvalue weighted by molar-refractivity contribution is -0.131. The Kier molecular flexibility index (Phi) is 5.70. The zero-order valence-corrected chi connectivity index (χ0v) is 16.7. The SMILES string of the molecule is COc1ccc(F)cc1O[C@H]1C[C@H](C(=O)NC2CCN(c3cc(C#N)ccn3)C2)C1. The van der Waals surface area contributed by atoms with Crippen LogP contribution >= 0.6 is 0 Å². The fourth-order valence-corrected chi connectivity index (χ4v) is 3.86. The number of carbonyl (C=O) groups excluding carboxylic acids is 1. The normalized spacial score (nSPS) is 22.7. The number of rotatable bonds is 6. The van der Waals surface area contributed by atoms with Gasteiger partial charge in [0, 0.05) is 37.3 Å². The van der Waals surface area contributed by atoms with Gasteiger partial charge in [0.1, 0.15) is 17.7 Å². The molecule has 1 atom stereocenters. The number of pyridine rings is 1. The number of amides is 1. The second kappa shape index (κ2) is 8.57. The summed E-state index contributed by atoms with van der Waals surface area (Å²) in [6.07, 6.45) is 3.51. The summed E-state index contributed by atoms with van der Waals surface area (Å²) in [5.74, 6) is 1.12. The molecule has 1 N–H and O–H groups in total. The van der Waals surface area contributed by atoms with Gasteiger partial charge in [-0.3, -0.25) is 4.79 Å². The van der Waals surface area contributed by atoms with Gasteiger partial charge in [0.05, 0.1) is 18.7 Å². The topological polar surface area (TPSA) is 87.5 Å². The highest BCUT2D eigenvalue weighted by Crippen LogP contribution is 2.36. The fourth-order valence-electron chi connectivity index (χ4n) is 3.86. The van der Waals surface area contributed by atoms with E-state index < -0.39 is 0 Å². The number of hydrogen-bond acceptors (Lipinski definition) is 6. The Morgan fingerprint density at radius 1 is 1.30 bits per heavy atom. The van der Waals surface area contributed by atoms with Crippen LogP contribution in [0.3, 0.4) is 0 Å². The first-order chi connectivity index (χ1) is 14.6. The number of hydrogen-bond donors (Lipinski definition) is 1. The molecule has 4 rings (SSSR count).